The first-order chi connectivity index (χ1) is 14.3. The molecule has 30 heavy (non-hydrogen) atoms. The molecule has 3 rings (SSSR count). The van der Waals surface area contributed by atoms with Crippen molar-refractivity contribution in [3.8, 4) is 0 Å². The first-order valence-corrected chi connectivity index (χ1v) is 9.43. The number of ether oxygens (including phenoxy) is 2. The predicted octanol–water partition coefficient (Wildman–Crippen LogP) is 2.90. The second kappa shape index (κ2) is 8.36. The third-order valence-electron chi connectivity index (χ3n) is 4.75. The molecular weight excluding hydrogens is 392 g/mol. The molecule has 1 atom stereocenters. The Bertz CT molecular complexity index is 1060. The minimum absolute atomic E-state index is 0.0349. The molecule has 0 amide bonds. The lowest BCUT2D eigenvalue weighted by atomic mass is 9.81. The van der Waals surface area contributed by atoms with Crippen LogP contribution in [-0.2, 0) is 21.3 Å². The number of allylic oxidation sites excluding steroid dienone is 1. The van der Waals surface area contributed by atoms with Crippen LogP contribution in [0.2, 0.25) is 0 Å². The van der Waals surface area contributed by atoms with E-state index >= 15 is 0 Å². The lowest BCUT2D eigenvalue weighted by Crippen LogP contribution is -2.26. The van der Waals surface area contributed by atoms with Crippen LogP contribution >= 0.6 is 0 Å². The highest BCUT2D eigenvalue weighted by Gasteiger charge is 2.40. The minimum Gasteiger partial charge on any atom is -0.463 e. The molecule has 2 aromatic rings. The Kier molecular flexibility index (Phi) is 5.86. The van der Waals surface area contributed by atoms with Gasteiger partial charge >= 0.3 is 11.9 Å². The van der Waals surface area contributed by atoms with Crippen molar-refractivity contribution in [2.75, 3.05) is 18.5 Å². The molecular formula is C20H22N4O6. The molecule has 0 radical (unpaired) electrons. The summed E-state index contributed by atoms with van der Waals surface area (Å²) in [4.78, 5) is 36.3. The summed E-state index contributed by atoms with van der Waals surface area (Å²) in [5.74, 6) is -1.52. The van der Waals surface area contributed by atoms with Crippen molar-refractivity contribution in [2.24, 2.45) is 7.05 Å². The van der Waals surface area contributed by atoms with Crippen LogP contribution < -0.4 is 5.32 Å². The zero-order valence-corrected chi connectivity index (χ0v) is 17.1. The highest BCUT2D eigenvalue weighted by molar-refractivity contribution is 5.98. The van der Waals surface area contributed by atoms with Crippen molar-refractivity contribution in [1.82, 2.24) is 9.78 Å². The first kappa shape index (κ1) is 21.0. The van der Waals surface area contributed by atoms with E-state index in [1.807, 2.05) is 0 Å². The molecule has 1 aromatic carbocycles. The Labute approximate surface area is 172 Å². The number of benzene rings is 1. The smallest absolute Gasteiger partial charge is 0.359 e. The van der Waals surface area contributed by atoms with Gasteiger partial charge in [-0.3, -0.25) is 14.8 Å². The number of fused-ring (bicyclic) bond motifs is 1. The fraction of sp³-hybridized carbons (Fsp3) is 0.350. The summed E-state index contributed by atoms with van der Waals surface area (Å²) in [6, 6.07) is 5.95. The fourth-order valence-corrected chi connectivity index (χ4v) is 3.55. The van der Waals surface area contributed by atoms with E-state index in [-0.39, 0.29) is 30.2 Å². The zero-order valence-electron chi connectivity index (χ0n) is 17.1. The van der Waals surface area contributed by atoms with Crippen LogP contribution in [0.4, 0.5) is 11.5 Å². The molecule has 0 saturated heterocycles. The van der Waals surface area contributed by atoms with E-state index in [1.54, 1.807) is 33.9 Å². The van der Waals surface area contributed by atoms with E-state index in [4.69, 9.17) is 9.47 Å². The Hall–Kier alpha value is -3.69. The number of nitrogens with one attached hydrogen (secondary N) is 1. The molecule has 10 nitrogen and oxygen atoms in total. The van der Waals surface area contributed by atoms with Gasteiger partial charge in [0.2, 0.25) is 0 Å². The van der Waals surface area contributed by atoms with Gasteiger partial charge in [-0.25, -0.2) is 9.59 Å². The zero-order chi connectivity index (χ0) is 22.0. The minimum atomic E-state index is -0.798. The monoisotopic (exact) mass is 414 g/mol. The van der Waals surface area contributed by atoms with E-state index in [2.05, 4.69) is 10.4 Å². The Morgan fingerprint density at radius 2 is 1.90 bits per heavy atom. The molecule has 1 aliphatic heterocycles. The lowest BCUT2D eigenvalue weighted by molar-refractivity contribution is -0.384. The Morgan fingerprint density at radius 1 is 1.23 bits per heavy atom. The average Bonchev–Trinajstić information content (AvgIpc) is 3.03. The molecule has 2 heterocycles. The van der Waals surface area contributed by atoms with Crippen LogP contribution in [-0.4, -0.2) is 39.9 Å². The number of esters is 2. The molecule has 1 aliphatic rings. The fourth-order valence-electron chi connectivity index (χ4n) is 3.55. The lowest BCUT2D eigenvalue weighted by Gasteiger charge is -2.28. The number of aromatic nitrogens is 2. The maximum absolute atomic E-state index is 12.8. The van der Waals surface area contributed by atoms with Crippen molar-refractivity contribution in [2.45, 2.75) is 26.7 Å². The SMILES string of the molecule is CCOC(=O)C1=C(C)Nc2c(c(C(=O)OCC)nn2C)C1c1cccc([N+](=O)[O-])c1. The summed E-state index contributed by atoms with van der Waals surface area (Å²) in [5.41, 5.74) is 1.54. The Morgan fingerprint density at radius 3 is 2.53 bits per heavy atom. The van der Waals surface area contributed by atoms with Gasteiger partial charge in [0.25, 0.3) is 5.69 Å². The van der Waals surface area contributed by atoms with Gasteiger partial charge in [0.05, 0.1) is 23.7 Å². The van der Waals surface area contributed by atoms with Gasteiger partial charge in [0.1, 0.15) is 5.82 Å². The number of non-ortho nitro benzene ring substituents is 1. The largest absolute Gasteiger partial charge is 0.463 e. The molecule has 0 fully saturated rings. The van der Waals surface area contributed by atoms with Crippen LogP contribution in [0.5, 0.6) is 0 Å². The van der Waals surface area contributed by atoms with Crippen molar-refractivity contribution in [1.29, 1.82) is 0 Å². The molecule has 158 valence electrons. The van der Waals surface area contributed by atoms with Crippen molar-refractivity contribution < 1.29 is 24.0 Å². The van der Waals surface area contributed by atoms with E-state index < -0.39 is 22.8 Å². The number of nitrogens with zero attached hydrogens (tertiary/aromatic N) is 3. The number of carbonyl (C=O) groups excluding carboxylic acids is 2. The molecule has 1 N–H and O–H groups in total. The second-order valence-electron chi connectivity index (χ2n) is 6.62. The number of carbonyl (C=O) groups is 2. The van der Waals surface area contributed by atoms with Crippen molar-refractivity contribution >= 4 is 23.4 Å². The second-order valence-corrected chi connectivity index (χ2v) is 6.62. The summed E-state index contributed by atoms with van der Waals surface area (Å²) in [7, 11) is 1.65. The number of aryl methyl sites for hydroxylation is 1. The van der Waals surface area contributed by atoms with Gasteiger partial charge < -0.3 is 14.8 Å². The maximum atomic E-state index is 12.8. The quantitative estimate of drug-likeness (QED) is 0.434. The number of anilines is 1. The topological polar surface area (TPSA) is 126 Å². The summed E-state index contributed by atoms with van der Waals surface area (Å²) in [6.45, 7) is 5.38. The average molecular weight is 414 g/mol. The van der Waals surface area contributed by atoms with Crippen LogP contribution in [0.1, 0.15) is 48.3 Å². The molecule has 0 saturated carbocycles. The van der Waals surface area contributed by atoms with E-state index in [1.165, 1.54) is 22.9 Å². The predicted molar refractivity (Wildman–Crippen MR) is 107 cm³/mol. The van der Waals surface area contributed by atoms with Gasteiger partial charge in [-0.2, -0.15) is 5.10 Å². The van der Waals surface area contributed by atoms with Gasteiger partial charge in [0.15, 0.2) is 5.69 Å². The van der Waals surface area contributed by atoms with E-state index in [9.17, 15) is 19.7 Å². The molecule has 0 aliphatic carbocycles. The third kappa shape index (κ3) is 3.63. The van der Waals surface area contributed by atoms with Gasteiger partial charge in [0, 0.05) is 36.4 Å². The van der Waals surface area contributed by atoms with Crippen LogP contribution in [0.15, 0.2) is 35.5 Å². The standard InChI is InChI=1S/C20H22N4O6/c1-5-29-19(25)14-11(3)21-18-16(17(22-23(18)4)20(26)30-6-2)15(14)12-8-7-9-13(10-12)24(27)28/h7-10,15,21H,5-6H2,1-4H3. The number of nitro groups is 1. The summed E-state index contributed by atoms with van der Waals surface area (Å²) in [5, 5.41) is 18.7. The maximum Gasteiger partial charge on any atom is 0.359 e. The van der Waals surface area contributed by atoms with Gasteiger partial charge in [-0.15, -0.1) is 0 Å². The normalized spacial score (nSPS) is 15.3. The van der Waals surface area contributed by atoms with Crippen molar-refractivity contribution in [3.05, 3.63) is 62.5 Å². The molecule has 1 unspecified atom stereocenters. The van der Waals surface area contributed by atoms with Crippen LogP contribution in [0, 0.1) is 10.1 Å². The highest BCUT2D eigenvalue weighted by atomic mass is 16.6. The summed E-state index contributed by atoms with van der Waals surface area (Å²) >= 11 is 0. The molecule has 1 aromatic heterocycles. The summed E-state index contributed by atoms with van der Waals surface area (Å²) < 4.78 is 11.9. The summed E-state index contributed by atoms with van der Waals surface area (Å²) in [6.07, 6.45) is 0. The molecule has 0 bridgehead atoms. The van der Waals surface area contributed by atoms with E-state index in [0.717, 1.165) is 0 Å². The van der Waals surface area contributed by atoms with Gasteiger partial charge in [-0.05, 0) is 26.3 Å². The highest BCUT2D eigenvalue weighted by Crippen LogP contribution is 2.44. The van der Waals surface area contributed by atoms with Crippen LogP contribution in [0.25, 0.3) is 0 Å². The van der Waals surface area contributed by atoms with Crippen molar-refractivity contribution in [3.63, 3.8) is 0 Å². The van der Waals surface area contributed by atoms with Crippen LogP contribution in [0.3, 0.4) is 0 Å². The molecule has 10 heteroatoms. The third-order valence-corrected chi connectivity index (χ3v) is 4.75. The number of nitro benzene ring substituents is 1. The number of rotatable bonds is 6. The van der Waals surface area contributed by atoms with E-state index in [0.29, 0.717) is 22.6 Å². The number of hydrogen-bond donors (Lipinski definition) is 1. The first-order valence-electron chi connectivity index (χ1n) is 9.43. The van der Waals surface area contributed by atoms with Gasteiger partial charge in [-0.1, -0.05) is 12.1 Å². The molecule has 0 spiro atoms. The Balaban J connectivity index is 2.29. The number of hydrogen-bond acceptors (Lipinski definition) is 8.